The van der Waals surface area contributed by atoms with Crippen LogP contribution in [0.15, 0.2) is 48.5 Å². The molecular weight excluding hydrogens is 414 g/mol. The van der Waals surface area contributed by atoms with Gasteiger partial charge in [-0.05, 0) is 41.7 Å². The van der Waals surface area contributed by atoms with Gasteiger partial charge in [0, 0.05) is 31.5 Å². The molecule has 0 aromatic heterocycles. The van der Waals surface area contributed by atoms with E-state index in [0.29, 0.717) is 5.56 Å². The molecule has 2 fully saturated rings. The summed E-state index contributed by atoms with van der Waals surface area (Å²) in [5.74, 6) is -0.253. The van der Waals surface area contributed by atoms with E-state index in [9.17, 15) is 20.0 Å². The van der Waals surface area contributed by atoms with Crippen molar-refractivity contribution in [3.63, 3.8) is 0 Å². The summed E-state index contributed by atoms with van der Waals surface area (Å²) in [6.07, 6.45) is 5.02. The Bertz CT molecular complexity index is 1050. The molecule has 3 atom stereocenters. The fraction of sp³-hybridized carbons (Fsp3) is 0.444. The van der Waals surface area contributed by atoms with E-state index < -0.39 is 6.04 Å². The van der Waals surface area contributed by atoms with Crippen LogP contribution in [0.25, 0.3) is 11.1 Å². The van der Waals surface area contributed by atoms with Crippen LogP contribution in [0.2, 0.25) is 0 Å². The third-order valence-electron chi connectivity index (χ3n) is 7.08. The predicted octanol–water partition coefficient (Wildman–Crippen LogP) is 3.81. The number of nitriles is 1. The van der Waals surface area contributed by atoms with Crippen molar-refractivity contribution < 1.29 is 14.7 Å². The van der Waals surface area contributed by atoms with Crippen molar-refractivity contribution in [2.75, 3.05) is 20.7 Å². The minimum Gasteiger partial charge on any atom is -0.394 e. The maximum Gasteiger partial charge on any atom is 0.253 e. The Kier molecular flexibility index (Phi) is 6.80. The number of aliphatic hydroxyl groups is 1. The Hall–Kier alpha value is -3.17. The average Bonchev–Trinajstić information content (AvgIpc) is 2.84. The fourth-order valence-electron chi connectivity index (χ4n) is 5.26. The topological polar surface area (TPSA) is 84.6 Å². The van der Waals surface area contributed by atoms with Crippen molar-refractivity contribution in [3.8, 4) is 17.2 Å². The van der Waals surface area contributed by atoms with Gasteiger partial charge in [-0.25, -0.2) is 0 Å². The minimum atomic E-state index is -0.552. The highest BCUT2D eigenvalue weighted by molar-refractivity contribution is 5.95. The van der Waals surface area contributed by atoms with Crippen molar-refractivity contribution >= 4 is 11.8 Å². The molecule has 0 bridgehead atoms. The predicted molar refractivity (Wildman–Crippen MR) is 126 cm³/mol. The second kappa shape index (κ2) is 9.76. The molecule has 1 saturated heterocycles. The van der Waals surface area contributed by atoms with E-state index in [4.69, 9.17) is 0 Å². The zero-order valence-electron chi connectivity index (χ0n) is 19.3. The van der Waals surface area contributed by atoms with E-state index in [0.717, 1.165) is 48.8 Å². The summed E-state index contributed by atoms with van der Waals surface area (Å²) in [7, 11) is 3.46. The van der Waals surface area contributed by atoms with E-state index in [1.54, 1.807) is 30.0 Å². The lowest BCUT2D eigenvalue weighted by Gasteiger charge is -2.52. The number of hydrogen-bond acceptors (Lipinski definition) is 4. The Morgan fingerprint density at radius 2 is 1.76 bits per heavy atom. The molecule has 1 aliphatic carbocycles. The molecule has 1 heterocycles. The van der Waals surface area contributed by atoms with Gasteiger partial charge in [-0.1, -0.05) is 55.7 Å². The first-order chi connectivity index (χ1) is 16.0. The largest absolute Gasteiger partial charge is 0.394 e. The van der Waals surface area contributed by atoms with Crippen LogP contribution in [-0.4, -0.2) is 59.5 Å². The Labute approximate surface area is 195 Å². The fourth-order valence-corrected chi connectivity index (χ4v) is 5.26. The number of rotatable bonds is 5. The van der Waals surface area contributed by atoms with Crippen LogP contribution in [0, 0.1) is 17.2 Å². The molecule has 1 aliphatic heterocycles. The molecule has 6 nitrogen and oxygen atoms in total. The van der Waals surface area contributed by atoms with Gasteiger partial charge in [-0.3, -0.25) is 9.59 Å². The molecular formula is C27H31N3O3. The lowest BCUT2D eigenvalue weighted by molar-refractivity contribution is -0.152. The van der Waals surface area contributed by atoms with Crippen LogP contribution in [-0.2, 0) is 4.79 Å². The van der Waals surface area contributed by atoms with Crippen LogP contribution in [0.5, 0.6) is 0 Å². The molecule has 1 N–H and O–H groups in total. The summed E-state index contributed by atoms with van der Waals surface area (Å²) in [5, 5.41) is 19.9. The molecule has 172 valence electrons. The lowest BCUT2D eigenvalue weighted by Crippen LogP contribution is -2.66. The lowest BCUT2D eigenvalue weighted by atomic mass is 9.74. The van der Waals surface area contributed by atoms with Crippen LogP contribution in [0.3, 0.4) is 0 Å². The van der Waals surface area contributed by atoms with Gasteiger partial charge in [0.25, 0.3) is 5.91 Å². The SMILES string of the molecule is CN(C)C(=O)c1cccc(-c2ccc([C@H]3[C@@H](C#N)N(C(=O)C4CCCCC4)[C@H]3CO)cc2)c1. The number of likely N-dealkylation sites (tertiary alicyclic amines) is 1. The molecule has 2 aromatic carbocycles. The maximum atomic E-state index is 13.1. The highest BCUT2D eigenvalue weighted by Crippen LogP contribution is 2.43. The summed E-state index contributed by atoms with van der Waals surface area (Å²) < 4.78 is 0. The van der Waals surface area contributed by atoms with Gasteiger partial charge in [0.15, 0.2) is 0 Å². The average molecular weight is 446 g/mol. The van der Waals surface area contributed by atoms with Gasteiger partial charge >= 0.3 is 0 Å². The second-order valence-corrected chi connectivity index (χ2v) is 9.33. The highest BCUT2D eigenvalue weighted by Gasteiger charge is 2.52. The quantitative estimate of drug-likeness (QED) is 0.758. The van der Waals surface area contributed by atoms with Crippen LogP contribution >= 0.6 is 0 Å². The zero-order valence-corrected chi connectivity index (χ0v) is 19.3. The van der Waals surface area contributed by atoms with Gasteiger partial charge in [-0.2, -0.15) is 5.26 Å². The van der Waals surface area contributed by atoms with Gasteiger partial charge in [0.2, 0.25) is 5.91 Å². The Morgan fingerprint density at radius 3 is 2.36 bits per heavy atom. The van der Waals surface area contributed by atoms with Crippen molar-refractivity contribution in [1.29, 1.82) is 5.26 Å². The van der Waals surface area contributed by atoms with E-state index >= 15 is 0 Å². The van der Waals surface area contributed by atoms with Gasteiger partial charge < -0.3 is 14.9 Å². The Balaban J connectivity index is 1.54. The van der Waals surface area contributed by atoms with E-state index in [1.807, 2.05) is 42.5 Å². The molecule has 4 rings (SSSR count). The second-order valence-electron chi connectivity index (χ2n) is 9.33. The van der Waals surface area contributed by atoms with Crippen LogP contribution in [0.1, 0.15) is 53.9 Å². The number of carbonyl (C=O) groups is 2. The summed E-state index contributed by atoms with van der Waals surface area (Å²) >= 11 is 0. The van der Waals surface area contributed by atoms with E-state index in [1.165, 1.54) is 0 Å². The number of benzene rings is 2. The molecule has 0 spiro atoms. The standard InChI is InChI=1S/C27H31N3O3/c1-29(2)26(32)22-10-6-9-21(15-22)18-11-13-19(14-12-18)25-23(16-28)30(24(25)17-31)27(33)20-7-4-3-5-8-20/h6,9-15,20,23-25,31H,3-5,7-8,17H2,1-2H3/t23-,24+,25+/m1/s1. The normalized spacial score (nSPS) is 22.8. The Morgan fingerprint density at radius 1 is 1.06 bits per heavy atom. The summed E-state index contributed by atoms with van der Waals surface area (Å²) in [4.78, 5) is 28.6. The number of nitrogens with zero attached hydrogens (tertiary/aromatic N) is 3. The molecule has 0 unspecified atom stereocenters. The van der Waals surface area contributed by atoms with Crippen molar-refractivity contribution in [3.05, 3.63) is 59.7 Å². The van der Waals surface area contributed by atoms with E-state index in [2.05, 4.69) is 6.07 Å². The highest BCUT2D eigenvalue weighted by atomic mass is 16.3. The smallest absolute Gasteiger partial charge is 0.253 e. The third kappa shape index (κ3) is 4.38. The first-order valence-corrected chi connectivity index (χ1v) is 11.7. The molecule has 2 amide bonds. The number of amides is 2. The zero-order chi connectivity index (χ0) is 23.5. The number of hydrogen-bond donors (Lipinski definition) is 1. The van der Waals surface area contributed by atoms with Crippen molar-refractivity contribution in [2.24, 2.45) is 5.92 Å². The van der Waals surface area contributed by atoms with Crippen molar-refractivity contribution in [1.82, 2.24) is 9.80 Å². The molecule has 0 radical (unpaired) electrons. The molecule has 2 aliphatic rings. The third-order valence-corrected chi connectivity index (χ3v) is 7.08. The molecule has 1 saturated carbocycles. The maximum absolute atomic E-state index is 13.1. The first-order valence-electron chi connectivity index (χ1n) is 11.7. The first kappa shape index (κ1) is 23.0. The number of aliphatic hydroxyl groups excluding tert-OH is 1. The van der Waals surface area contributed by atoms with Crippen LogP contribution in [0.4, 0.5) is 0 Å². The summed E-state index contributed by atoms with van der Waals surface area (Å²) in [6, 6.07) is 16.8. The van der Waals surface area contributed by atoms with Crippen LogP contribution < -0.4 is 0 Å². The summed E-state index contributed by atoms with van der Waals surface area (Å²) in [6.45, 7) is -0.155. The molecule has 6 heteroatoms. The molecule has 2 aromatic rings. The van der Waals surface area contributed by atoms with Gasteiger partial charge in [0.05, 0.1) is 18.7 Å². The van der Waals surface area contributed by atoms with Gasteiger partial charge in [-0.15, -0.1) is 0 Å². The van der Waals surface area contributed by atoms with Crippen molar-refractivity contribution in [2.45, 2.75) is 50.1 Å². The minimum absolute atomic E-state index is 0.0237. The van der Waals surface area contributed by atoms with Gasteiger partial charge in [0.1, 0.15) is 6.04 Å². The molecule has 33 heavy (non-hydrogen) atoms. The summed E-state index contributed by atoms with van der Waals surface area (Å²) in [5.41, 5.74) is 3.48. The monoisotopic (exact) mass is 445 g/mol. The van der Waals surface area contributed by atoms with E-state index in [-0.39, 0.29) is 36.3 Å². The number of carbonyl (C=O) groups excluding carboxylic acids is 2.